The zero-order chi connectivity index (χ0) is 20.9. The Morgan fingerprint density at radius 1 is 1.10 bits per heavy atom. The Bertz CT molecular complexity index is 1060. The van der Waals surface area contributed by atoms with Gasteiger partial charge < -0.3 is 16.0 Å². The summed E-state index contributed by atoms with van der Waals surface area (Å²) in [5.41, 5.74) is 10.9. The molecule has 3 aliphatic rings. The second kappa shape index (κ2) is 6.95. The van der Waals surface area contributed by atoms with E-state index >= 15 is 0 Å². The zero-order valence-corrected chi connectivity index (χ0v) is 16.6. The maximum atomic E-state index is 13.0. The van der Waals surface area contributed by atoms with Crippen molar-refractivity contribution in [1.82, 2.24) is 10.2 Å². The Labute approximate surface area is 174 Å². The number of carbonyl (C=O) groups excluding carboxylic acids is 3. The highest BCUT2D eigenvalue weighted by molar-refractivity contribution is 6.05. The molecule has 1 atom stereocenters. The van der Waals surface area contributed by atoms with Crippen molar-refractivity contribution >= 4 is 23.4 Å². The summed E-state index contributed by atoms with van der Waals surface area (Å²) < 4.78 is 0. The molecule has 2 aromatic rings. The standard InChI is InChI=1S/C23H24N4O3/c24-23(10-11-23)17-6-1-2-7-18(17)25-12-14-4-3-5-15-16(14)13-27(22(15)30)19-8-9-20(28)26-21(19)29/h1-7,19,25H,8-13,24H2,(H,26,28,29). The number of fused-ring (bicyclic) bond motifs is 1. The van der Waals surface area contributed by atoms with Crippen LogP contribution in [0.15, 0.2) is 42.5 Å². The Morgan fingerprint density at radius 2 is 1.90 bits per heavy atom. The fraction of sp³-hybridized carbons (Fsp3) is 0.348. The van der Waals surface area contributed by atoms with Gasteiger partial charge in [0.1, 0.15) is 6.04 Å². The van der Waals surface area contributed by atoms with E-state index < -0.39 is 11.9 Å². The first kappa shape index (κ1) is 18.8. The lowest BCUT2D eigenvalue weighted by Gasteiger charge is -2.29. The van der Waals surface area contributed by atoms with Crippen LogP contribution in [-0.4, -0.2) is 28.7 Å². The Morgan fingerprint density at radius 3 is 2.67 bits per heavy atom. The van der Waals surface area contributed by atoms with E-state index in [2.05, 4.69) is 16.7 Å². The van der Waals surface area contributed by atoms with Crippen LogP contribution in [0.1, 0.15) is 52.7 Å². The van der Waals surface area contributed by atoms with Crippen LogP contribution in [0.5, 0.6) is 0 Å². The fourth-order valence-electron chi connectivity index (χ4n) is 4.48. The summed E-state index contributed by atoms with van der Waals surface area (Å²) in [5, 5.41) is 5.84. The summed E-state index contributed by atoms with van der Waals surface area (Å²) in [6.45, 7) is 0.938. The van der Waals surface area contributed by atoms with E-state index in [-0.39, 0.29) is 23.8 Å². The number of imide groups is 1. The zero-order valence-electron chi connectivity index (χ0n) is 16.6. The first-order valence-corrected chi connectivity index (χ1v) is 10.3. The van der Waals surface area contributed by atoms with Crippen molar-refractivity contribution in [1.29, 1.82) is 0 Å². The van der Waals surface area contributed by atoms with Gasteiger partial charge in [0.2, 0.25) is 11.8 Å². The van der Waals surface area contributed by atoms with Crippen molar-refractivity contribution in [2.75, 3.05) is 5.32 Å². The Balaban J connectivity index is 1.37. The maximum Gasteiger partial charge on any atom is 0.255 e. The van der Waals surface area contributed by atoms with Gasteiger partial charge in [-0.15, -0.1) is 0 Å². The predicted octanol–water partition coefficient (Wildman–Crippen LogP) is 2.01. The smallest absolute Gasteiger partial charge is 0.255 e. The van der Waals surface area contributed by atoms with E-state index in [0.717, 1.165) is 35.2 Å². The largest absolute Gasteiger partial charge is 0.381 e. The van der Waals surface area contributed by atoms with Crippen LogP contribution < -0.4 is 16.4 Å². The van der Waals surface area contributed by atoms with Gasteiger partial charge >= 0.3 is 0 Å². The summed E-state index contributed by atoms with van der Waals surface area (Å²) in [5.74, 6) is -0.823. The van der Waals surface area contributed by atoms with E-state index in [1.807, 2.05) is 30.3 Å². The average Bonchev–Trinajstić information content (AvgIpc) is 3.40. The minimum atomic E-state index is -0.601. The lowest BCUT2D eigenvalue weighted by atomic mass is 10.0. The molecule has 154 valence electrons. The summed E-state index contributed by atoms with van der Waals surface area (Å²) in [6, 6.07) is 13.2. The van der Waals surface area contributed by atoms with E-state index in [1.54, 1.807) is 11.0 Å². The lowest BCUT2D eigenvalue weighted by molar-refractivity contribution is -0.136. The monoisotopic (exact) mass is 404 g/mol. The van der Waals surface area contributed by atoms with E-state index in [9.17, 15) is 14.4 Å². The number of hydrogen-bond acceptors (Lipinski definition) is 5. The minimum absolute atomic E-state index is 0.152. The van der Waals surface area contributed by atoms with Crippen LogP contribution >= 0.6 is 0 Å². The molecule has 0 radical (unpaired) electrons. The molecule has 1 saturated carbocycles. The van der Waals surface area contributed by atoms with Crippen molar-refractivity contribution in [3.63, 3.8) is 0 Å². The molecule has 3 amide bonds. The maximum absolute atomic E-state index is 13.0. The van der Waals surface area contributed by atoms with Gasteiger partial charge in [0.05, 0.1) is 0 Å². The average molecular weight is 404 g/mol. The molecule has 2 aromatic carbocycles. The second-order valence-electron chi connectivity index (χ2n) is 8.40. The predicted molar refractivity (Wildman–Crippen MR) is 111 cm³/mol. The molecule has 2 aliphatic heterocycles. The van der Waals surface area contributed by atoms with Crippen molar-refractivity contribution in [2.45, 2.75) is 50.4 Å². The van der Waals surface area contributed by atoms with Crippen LogP contribution in [0, 0.1) is 0 Å². The number of piperidine rings is 1. The van der Waals surface area contributed by atoms with Gasteiger partial charge in [-0.25, -0.2) is 0 Å². The van der Waals surface area contributed by atoms with Crippen molar-refractivity contribution in [2.24, 2.45) is 5.73 Å². The van der Waals surface area contributed by atoms with Gasteiger partial charge in [0, 0.05) is 36.3 Å². The molecular formula is C23H24N4O3. The van der Waals surface area contributed by atoms with Gasteiger partial charge in [-0.1, -0.05) is 30.3 Å². The normalized spacial score (nSPS) is 22.0. The third kappa shape index (κ3) is 3.15. The minimum Gasteiger partial charge on any atom is -0.381 e. The third-order valence-electron chi connectivity index (χ3n) is 6.40. The molecular weight excluding hydrogens is 380 g/mol. The van der Waals surface area contributed by atoms with E-state index in [1.165, 1.54) is 0 Å². The number of hydrogen-bond donors (Lipinski definition) is 3. The van der Waals surface area contributed by atoms with Gasteiger partial charge in [-0.2, -0.15) is 0 Å². The fourth-order valence-corrected chi connectivity index (χ4v) is 4.48. The number of rotatable bonds is 5. The van der Waals surface area contributed by atoms with Crippen LogP contribution in [-0.2, 0) is 28.2 Å². The molecule has 7 heteroatoms. The molecule has 1 saturated heterocycles. The molecule has 4 N–H and O–H groups in total. The van der Waals surface area contributed by atoms with Crippen LogP contribution in [0.2, 0.25) is 0 Å². The Kier molecular flexibility index (Phi) is 4.36. The van der Waals surface area contributed by atoms with Crippen molar-refractivity contribution in [3.8, 4) is 0 Å². The highest BCUT2D eigenvalue weighted by Gasteiger charge is 2.42. The number of amides is 3. The van der Waals surface area contributed by atoms with E-state index in [4.69, 9.17) is 5.73 Å². The first-order chi connectivity index (χ1) is 14.5. The molecule has 7 nitrogen and oxygen atoms in total. The SMILES string of the molecule is NC1(c2ccccc2NCc2cccc3c2CN(C2CCC(=O)NC2=O)C3=O)CC1. The number of anilines is 1. The third-order valence-corrected chi connectivity index (χ3v) is 6.40. The molecule has 1 unspecified atom stereocenters. The summed E-state index contributed by atoms with van der Waals surface area (Å²) in [7, 11) is 0. The summed E-state index contributed by atoms with van der Waals surface area (Å²) in [4.78, 5) is 38.3. The number of para-hydroxylation sites is 1. The molecule has 2 heterocycles. The van der Waals surface area contributed by atoms with Gasteiger partial charge in [0.15, 0.2) is 0 Å². The van der Waals surface area contributed by atoms with Crippen LogP contribution in [0.4, 0.5) is 5.69 Å². The number of benzene rings is 2. The Hall–Kier alpha value is -3.19. The molecule has 5 rings (SSSR count). The second-order valence-corrected chi connectivity index (χ2v) is 8.40. The quantitative estimate of drug-likeness (QED) is 0.662. The van der Waals surface area contributed by atoms with Crippen LogP contribution in [0.3, 0.4) is 0 Å². The molecule has 30 heavy (non-hydrogen) atoms. The molecule has 1 aliphatic carbocycles. The van der Waals surface area contributed by atoms with Crippen LogP contribution in [0.25, 0.3) is 0 Å². The van der Waals surface area contributed by atoms with Crippen molar-refractivity contribution < 1.29 is 14.4 Å². The number of nitrogens with one attached hydrogen (secondary N) is 2. The first-order valence-electron chi connectivity index (χ1n) is 10.3. The van der Waals surface area contributed by atoms with Gasteiger partial charge in [0.25, 0.3) is 5.91 Å². The topological polar surface area (TPSA) is 105 Å². The summed E-state index contributed by atoms with van der Waals surface area (Å²) >= 11 is 0. The van der Waals surface area contributed by atoms with Crippen molar-refractivity contribution in [3.05, 3.63) is 64.7 Å². The number of nitrogens with zero attached hydrogens (tertiary/aromatic N) is 1. The van der Waals surface area contributed by atoms with Gasteiger partial charge in [-0.3, -0.25) is 19.7 Å². The molecule has 0 aromatic heterocycles. The highest BCUT2D eigenvalue weighted by Crippen LogP contribution is 2.45. The molecule has 0 bridgehead atoms. The molecule has 2 fully saturated rings. The highest BCUT2D eigenvalue weighted by atomic mass is 16.2. The summed E-state index contributed by atoms with van der Waals surface area (Å²) in [6.07, 6.45) is 2.59. The number of nitrogens with two attached hydrogens (primary N) is 1. The van der Waals surface area contributed by atoms with E-state index in [0.29, 0.717) is 25.1 Å². The molecule has 0 spiro atoms. The van der Waals surface area contributed by atoms with Gasteiger partial charge in [-0.05, 0) is 48.1 Å². The lowest BCUT2D eigenvalue weighted by Crippen LogP contribution is -2.52. The number of carbonyl (C=O) groups is 3.